The molecule has 0 saturated carbocycles. The maximum Gasteiger partial charge on any atom is 0.227 e. The maximum absolute atomic E-state index is 13.3. The summed E-state index contributed by atoms with van der Waals surface area (Å²) in [5.41, 5.74) is 0.0656. The Balaban J connectivity index is 2.01. The molecule has 1 aliphatic heterocycles. The number of carbonyl (C=O) groups is 2. The van der Waals surface area contributed by atoms with E-state index in [4.69, 9.17) is 0 Å². The van der Waals surface area contributed by atoms with Gasteiger partial charge >= 0.3 is 0 Å². The number of piperidine rings is 1. The Morgan fingerprint density at radius 1 is 1.24 bits per heavy atom. The third kappa shape index (κ3) is 4.77. The van der Waals surface area contributed by atoms with Crippen LogP contribution >= 0.6 is 0 Å². The second-order valence-electron chi connectivity index (χ2n) is 7.78. The molecule has 1 aromatic carbocycles. The Kier molecular flexibility index (Phi) is 5.80. The molecule has 0 aromatic heterocycles. The van der Waals surface area contributed by atoms with Gasteiger partial charge in [-0.05, 0) is 30.5 Å². The minimum absolute atomic E-state index is 0.0493. The molecule has 0 N–H and O–H groups in total. The van der Waals surface area contributed by atoms with Gasteiger partial charge in [0.1, 0.15) is 0 Å². The molecule has 0 radical (unpaired) electrons. The molecular formula is C19H26F2N2O2. The van der Waals surface area contributed by atoms with Crippen LogP contribution in [0.1, 0.15) is 39.2 Å². The number of halogens is 2. The van der Waals surface area contributed by atoms with Gasteiger partial charge in [0.15, 0.2) is 11.6 Å². The van der Waals surface area contributed by atoms with Crippen molar-refractivity contribution in [2.24, 2.45) is 11.3 Å². The summed E-state index contributed by atoms with van der Waals surface area (Å²) in [4.78, 5) is 28.4. The van der Waals surface area contributed by atoms with Crippen molar-refractivity contribution in [2.75, 3.05) is 20.1 Å². The minimum atomic E-state index is -0.919. The lowest BCUT2D eigenvalue weighted by Crippen LogP contribution is -2.48. The van der Waals surface area contributed by atoms with Crippen molar-refractivity contribution in [3.63, 3.8) is 0 Å². The zero-order chi connectivity index (χ0) is 18.8. The fourth-order valence-electron chi connectivity index (χ4n) is 3.14. The van der Waals surface area contributed by atoms with Crippen LogP contribution in [0.25, 0.3) is 0 Å². The van der Waals surface area contributed by atoms with E-state index < -0.39 is 17.0 Å². The van der Waals surface area contributed by atoms with Gasteiger partial charge in [-0.1, -0.05) is 26.8 Å². The van der Waals surface area contributed by atoms with Crippen LogP contribution in [0, 0.1) is 23.0 Å². The molecule has 1 atom stereocenters. The number of likely N-dealkylation sites (tertiary alicyclic amines) is 1. The number of nitrogens with zero attached hydrogens (tertiary/aromatic N) is 2. The Morgan fingerprint density at radius 3 is 2.52 bits per heavy atom. The quantitative estimate of drug-likeness (QED) is 0.838. The fraction of sp³-hybridized carbons (Fsp3) is 0.579. The summed E-state index contributed by atoms with van der Waals surface area (Å²) in [6.07, 6.45) is 1.52. The van der Waals surface area contributed by atoms with E-state index in [0.29, 0.717) is 18.7 Å². The summed E-state index contributed by atoms with van der Waals surface area (Å²) in [7, 11) is 1.65. The van der Waals surface area contributed by atoms with Crippen molar-refractivity contribution in [1.29, 1.82) is 0 Å². The van der Waals surface area contributed by atoms with Crippen LogP contribution in [0.5, 0.6) is 0 Å². The van der Waals surface area contributed by atoms with Crippen LogP contribution in [0.4, 0.5) is 8.78 Å². The molecule has 138 valence electrons. The fourth-order valence-corrected chi connectivity index (χ4v) is 3.14. The first-order valence-corrected chi connectivity index (χ1v) is 8.58. The van der Waals surface area contributed by atoms with E-state index in [2.05, 4.69) is 0 Å². The first-order valence-electron chi connectivity index (χ1n) is 8.58. The van der Waals surface area contributed by atoms with Gasteiger partial charge in [-0.25, -0.2) is 8.78 Å². The smallest absolute Gasteiger partial charge is 0.227 e. The van der Waals surface area contributed by atoms with Crippen molar-refractivity contribution in [1.82, 2.24) is 9.80 Å². The summed E-state index contributed by atoms with van der Waals surface area (Å²) in [6.45, 7) is 6.91. The van der Waals surface area contributed by atoms with Gasteiger partial charge in [-0.3, -0.25) is 9.59 Å². The van der Waals surface area contributed by atoms with E-state index in [9.17, 15) is 18.4 Å². The number of rotatable bonds is 3. The Bertz CT molecular complexity index is 655. The molecule has 2 rings (SSSR count). The van der Waals surface area contributed by atoms with Crippen LogP contribution in [-0.2, 0) is 16.1 Å². The second-order valence-corrected chi connectivity index (χ2v) is 7.78. The Hall–Kier alpha value is -1.98. The average molecular weight is 352 g/mol. The molecule has 1 heterocycles. The number of hydrogen-bond acceptors (Lipinski definition) is 2. The molecule has 2 amide bonds. The van der Waals surface area contributed by atoms with Gasteiger partial charge in [0.25, 0.3) is 0 Å². The third-order valence-electron chi connectivity index (χ3n) is 4.48. The molecule has 1 fully saturated rings. The maximum atomic E-state index is 13.3. The highest BCUT2D eigenvalue weighted by Gasteiger charge is 2.34. The van der Waals surface area contributed by atoms with Crippen molar-refractivity contribution in [3.8, 4) is 0 Å². The Morgan fingerprint density at radius 2 is 1.92 bits per heavy atom. The lowest BCUT2D eigenvalue weighted by atomic mass is 9.90. The molecule has 1 unspecified atom stereocenters. The lowest BCUT2D eigenvalue weighted by Gasteiger charge is -2.37. The normalized spacial score (nSPS) is 18.2. The highest BCUT2D eigenvalue weighted by Crippen LogP contribution is 2.25. The van der Waals surface area contributed by atoms with Crippen LogP contribution in [0.3, 0.4) is 0 Å². The van der Waals surface area contributed by atoms with Gasteiger partial charge in [-0.2, -0.15) is 0 Å². The van der Waals surface area contributed by atoms with Crippen molar-refractivity contribution in [3.05, 3.63) is 35.4 Å². The first kappa shape index (κ1) is 19.3. The second kappa shape index (κ2) is 7.50. The summed E-state index contributed by atoms with van der Waals surface area (Å²) in [5, 5.41) is 0. The van der Waals surface area contributed by atoms with Crippen molar-refractivity contribution in [2.45, 2.75) is 40.2 Å². The van der Waals surface area contributed by atoms with E-state index in [1.165, 1.54) is 11.0 Å². The van der Waals surface area contributed by atoms with E-state index in [1.54, 1.807) is 11.9 Å². The van der Waals surface area contributed by atoms with Gasteiger partial charge < -0.3 is 9.80 Å². The van der Waals surface area contributed by atoms with E-state index in [1.807, 2.05) is 20.8 Å². The zero-order valence-corrected chi connectivity index (χ0v) is 15.3. The largest absolute Gasteiger partial charge is 0.341 e. The highest BCUT2D eigenvalue weighted by molar-refractivity contribution is 5.83. The number of amides is 2. The van der Waals surface area contributed by atoms with Crippen LogP contribution < -0.4 is 0 Å². The van der Waals surface area contributed by atoms with Gasteiger partial charge in [0, 0.05) is 32.1 Å². The number of benzene rings is 1. The lowest BCUT2D eigenvalue weighted by molar-refractivity contribution is -0.145. The molecule has 6 heteroatoms. The first-order chi connectivity index (χ1) is 11.6. The SMILES string of the molecule is CN(Cc1ccc(F)c(F)c1)C(=O)C1CCCN(C(=O)C(C)(C)C)C1. The molecule has 0 bridgehead atoms. The van der Waals surface area contributed by atoms with Crippen LogP contribution in [-0.4, -0.2) is 41.8 Å². The highest BCUT2D eigenvalue weighted by atomic mass is 19.2. The summed E-state index contributed by atoms with van der Waals surface area (Å²) < 4.78 is 26.3. The van der Waals surface area contributed by atoms with E-state index >= 15 is 0 Å². The van der Waals surface area contributed by atoms with Crippen LogP contribution in [0.2, 0.25) is 0 Å². The van der Waals surface area contributed by atoms with Crippen molar-refractivity contribution >= 4 is 11.8 Å². The van der Waals surface area contributed by atoms with Gasteiger partial charge in [0.05, 0.1) is 5.92 Å². The standard InChI is InChI=1S/C19H26F2N2O2/c1-19(2,3)18(25)23-9-5-6-14(12-23)17(24)22(4)11-13-7-8-15(20)16(21)10-13/h7-8,10,14H,5-6,9,11-12H2,1-4H3. The molecule has 4 nitrogen and oxygen atoms in total. The van der Waals surface area contributed by atoms with Gasteiger partial charge in [0.2, 0.25) is 11.8 Å². The predicted molar refractivity (Wildman–Crippen MR) is 91.6 cm³/mol. The number of carbonyl (C=O) groups excluding carboxylic acids is 2. The number of hydrogen-bond donors (Lipinski definition) is 0. The molecule has 1 aromatic rings. The van der Waals surface area contributed by atoms with Gasteiger partial charge in [-0.15, -0.1) is 0 Å². The topological polar surface area (TPSA) is 40.6 Å². The third-order valence-corrected chi connectivity index (χ3v) is 4.48. The minimum Gasteiger partial charge on any atom is -0.341 e. The summed E-state index contributed by atoms with van der Waals surface area (Å²) in [5.74, 6) is -2.10. The average Bonchev–Trinajstić information content (AvgIpc) is 2.56. The molecule has 25 heavy (non-hydrogen) atoms. The Labute approximate surface area is 147 Å². The zero-order valence-electron chi connectivity index (χ0n) is 15.3. The molecular weight excluding hydrogens is 326 g/mol. The van der Waals surface area contributed by atoms with E-state index in [0.717, 1.165) is 25.0 Å². The summed E-state index contributed by atoms with van der Waals surface area (Å²) >= 11 is 0. The van der Waals surface area contributed by atoms with Crippen molar-refractivity contribution < 1.29 is 18.4 Å². The van der Waals surface area contributed by atoms with Crippen LogP contribution in [0.15, 0.2) is 18.2 Å². The predicted octanol–water partition coefficient (Wildman–Crippen LogP) is 3.21. The monoisotopic (exact) mass is 352 g/mol. The molecule has 1 aliphatic rings. The molecule has 1 saturated heterocycles. The molecule has 0 spiro atoms. The van der Waals surface area contributed by atoms with E-state index in [-0.39, 0.29) is 24.3 Å². The summed E-state index contributed by atoms with van der Waals surface area (Å²) in [6, 6.07) is 3.64. The molecule has 0 aliphatic carbocycles.